The van der Waals surface area contributed by atoms with Gasteiger partial charge >= 0.3 is 0 Å². The third-order valence-corrected chi connectivity index (χ3v) is 4.65. The Morgan fingerprint density at radius 2 is 2.00 bits per heavy atom. The van der Waals surface area contributed by atoms with Crippen LogP contribution < -0.4 is 15.5 Å². The summed E-state index contributed by atoms with van der Waals surface area (Å²) in [6.45, 7) is 6.19. The molecule has 27 heavy (non-hydrogen) atoms. The van der Waals surface area contributed by atoms with Crippen molar-refractivity contribution in [3.8, 4) is 0 Å². The lowest BCUT2D eigenvalue weighted by Gasteiger charge is -2.16. The summed E-state index contributed by atoms with van der Waals surface area (Å²) in [6, 6.07) is 11.0. The standard InChI is InChI=1S/C21H28FN5/c1-2-23-21(25-12-10-18-7-3-4-8-19(18)22)26-16-17-9-11-24-20(15-17)27-13-5-6-14-27/h3-4,7-9,11,15H,2,5-6,10,12-14,16H2,1H3,(H2,23,25,26). The summed E-state index contributed by atoms with van der Waals surface area (Å²) >= 11 is 0. The number of pyridine rings is 1. The quantitative estimate of drug-likeness (QED) is 0.582. The molecule has 2 N–H and O–H groups in total. The van der Waals surface area contributed by atoms with Gasteiger partial charge in [0, 0.05) is 32.4 Å². The molecule has 1 aliphatic rings. The second kappa shape index (κ2) is 9.90. The van der Waals surface area contributed by atoms with Gasteiger partial charge in [0.1, 0.15) is 11.6 Å². The minimum absolute atomic E-state index is 0.160. The Balaban J connectivity index is 1.57. The van der Waals surface area contributed by atoms with Crippen LogP contribution in [-0.2, 0) is 13.0 Å². The van der Waals surface area contributed by atoms with Crippen LogP contribution in [0.5, 0.6) is 0 Å². The molecule has 1 fully saturated rings. The Labute approximate surface area is 160 Å². The molecule has 0 radical (unpaired) electrons. The second-order valence-corrected chi connectivity index (χ2v) is 6.68. The SMILES string of the molecule is CCNC(=NCc1ccnc(N2CCCC2)c1)NCCc1ccccc1F. The molecule has 0 atom stereocenters. The molecule has 0 bridgehead atoms. The van der Waals surface area contributed by atoms with Crippen molar-refractivity contribution < 1.29 is 4.39 Å². The summed E-state index contributed by atoms with van der Waals surface area (Å²) in [5.41, 5.74) is 1.85. The van der Waals surface area contributed by atoms with E-state index >= 15 is 0 Å². The number of guanidine groups is 1. The summed E-state index contributed by atoms with van der Waals surface area (Å²) < 4.78 is 13.7. The van der Waals surface area contributed by atoms with E-state index in [1.165, 1.54) is 18.9 Å². The zero-order valence-corrected chi connectivity index (χ0v) is 15.9. The minimum atomic E-state index is -0.160. The maximum atomic E-state index is 13.7. The predicted molar refractivity (Wildman–Crippen MR) is 109 cm³/mol. The highest BCUT2D eigenvalue weighted by molar-refractivity contribution is 5.79. The van der Waals surface area contributed by atoms with Crippen molar-refractivity contribution >= 4 is 11.8 Å². The monoisotopic (exact) mass is 369 g/mol. The van der Waals surface area contributed by atoms with Gasteiger partial charge in [0.25, 0.3) is 0 Å². The molecule has 3 rings (SSSR count). The van der Waals surface area contributed by atoms with Crippen LogP contribution in [0.1, 0.15) is 30.9 Å². The van der Waals surface area contributed by atoms with Crippen molar-refractivity contribution in [3.63, 3.8) is 0 Å². The largest absolute Gasteiger partial charge is 0.357 e. The zero-order valence-electron chi connectivity index (χ0n) is 15.9. The molecular formula is C21H28FN5. The number of aromatic nitrogens is 1. The highest BCUT2D eigenvalue weighted by Crippen LogP contribution is 2.18. The van der Waals surface area contributed by atoms with Crippen LogP contribution in [0.25, 0.3) is 0 Å². The molecule has 1 aromatic heterocycles. The topological polar surface area (TPSA) is 52.6 Å². The van der Waals surface area contributed by atoms with Gasteiger partial charge in [0.15, 0.2) is 5.96 Å². The smallest absolute Gasteiger partial charge is 0.191 e. The van der Waals surface area contributed by atoms with Crippen LogP contribution in [-0.4, -0.2) is 37.1 Å². The van der Waals surface area contributed by atoms with E-state index in [2.05, 4.69) is 31.6 Å². The third kappa shape index (κ3) is 5.67. The molecule has 0 spiro atoms. The maximum Gasteiger partial charge on any atom is 0.191 e. The molecule has 1 saturated heterocycles. The van der Waals surface area contributed by atoms with Gasteiger partial charge in [-0.05, 0) is 55.5 Å². The number of hydrogen-bond donors (Lipinski definition) is 2. The first-order valence-electron chi connectivity index (χ1n) is 9.71. The van der Waals surface area contributed by atoms with Crippen molar-refractivity contribution in [2.75, 3.05) is 31.1 Å². The lowest BCUT2D eigenvalue weighted by molar-refractivity contribution is 0.606. The fourth-order valence-corrected chi connectivity index (χ4v) is 3.21. The molecule has 0 aliphatic carbocycles. The molecule has 2 aromatic rings. The first-order chi connectivity index (χ1) is 13.3. The number of nitrogens with zero attached hydrogens (tertiary/aromatic N) is 3. The Hall–Kier alpha value is -2.63. The van der Waals surface area contributed by atoms with Gasteiger partial charge in [-0.1, -0.05) is 18.2 Å². The molecule has 5 nitrogen and oxygen atoms in total. The number of aliphatic imine (C=N–C) groups is 1. The van der Waals surface area contributed by atoms with Crippen LogP contribution in [0, 0.1) is 5.82 Å². The van der Waals surface area contributed by atoms with Gasteiger partial charge in [-0.25, -0.2) is 14.4 Å². The van der Waals surface area contributed by atoms with E-state index in [4.69, 9.17) is 0 Å². The molecule has 0 unspecified atom stereocenters. The van der Waals surface area contributed by atoms with Gasteiger partial charge in [-0.15, -0.1) is 0 Å². The van der Waals surface area contributed by atoms with E-state index in [9.17, 15) is 4.39 Å². The van der Waals surface area contributed by atoms with E-state index in [0.29, 0.717) is 25.1 Å². The number of rotatable bonds is 7. The van der Waals surface area contributed by atoms with Crippen molar-refractivity contribution in [1.29, 1.82) is 0 Å². The minimum Gasteiger partial charge on any atom is -0.357 e. The third-order valence-electron chi connectivity index (χ3n) is 4.65. The summed E-state index contributed by atoms with van der Waals surface area (Å²) in [6.07, 6.45) is 4.95. The maximum absolute atomic E-state index is 13.7. The van der Waals surface area contributed by atoms with Crippen LogP contribution in [0.3, 0.4) is 0 Å². The first-order valence-corrected chi connectivity index (χ1v) is 9.71. The summed E-state index contributed by atoms with van der Waals surface area (Å²) in [4.78, 5) is 11.5. The molecular weight excluding hydrogens is 341 g/mol. The van der Waals surface area contributed by atoms with E-state index in [1.54, 1.807) is 6.07 Å². The lowest BCUT2D eigenvalue weighted by atomic mass is 10.1. The Morgan fingerprint density at radius 3 is 2.78 bits per heavy atom. The van der Waals surface area contributed by atoms with E-state index < -0.39 is 0 Å². The van der Waals surface area contributed by atoms with Gasteiger partial charge in [0.2, 0.25) is 0 Å². The molecule has 0 saturated carbocycles. The van der Waals surface area contributed by atoms with Gasteiger partial charge in [-0.3, -0.25) is 0 Å². The van der Waals surface area contributed by atoms with E-state index in [1.807, 2.05) is 31.3 Å². The molecule has 144 valence electrons. The van der Waals surface area contributed by atoms with Gasteiger partial charge in [0.05, 0.1) is 6.54 Å². The Kier molecular flexibility index (Phi) is 7.02. The number of benzene rings is 1. The molecule has 0 amide bonds. The van der Waals surface area contributed by atoms with Crippen LogP contribution >= 0.6 is 0 Å². The number of halogens is 1. The average molecular weight is 369 g/mol. The fourth-order valence-electron chi connectivity index (χ4n) is 3.21. The van der Waals surface area contributed by atoms with Crippen molar-refractivity contribution in [2.45, 2.75) is 32.7 Å². The van der Waals surface area contributed by atoms with Gasteiger partial charge < -0.3 is 15.5 Å². The number of hydrogen-bond acceptors (Lipinski definition) is 3. The number of nitrogens with one attached hydrogen (secondary N) is 2. The average Bonchev–Trinajstić information content (AvgIpc) is 3.23. The first kappa shape index (κ1) is 19.1. The van der Waals surface area contributed by atoms with E-state index in [-0.39, 0.29) is 5.82 Å². The van der Waals surface area contributed by atoms with Crippen molar-refractivity contribution in [2.24, 2.45) is 4.99 Å². The number of anilines is 1. The van der Waals surface area contributed by atoms with E-state index in [0.717, 1.165) is 37.0 Å². The Bertz CT molecular complexity index is 756. The fraction of sp³-hybridized carbons (Fsp3) is 0.429. The molecule has 6 heteroatoms. The van der Waals surface area contributed by atoms with Gasteiger partial charge in [-0.2, -0.15) is 0 Å². The molecule has 1 aromatic carbocycles. The zero-order chi connectivity index (χ0) is 18.9. The lowest BCUT2D eigenvalue weighted by Crippen LogP contribution is -2.38. The van der Waals surface area contributed by atoms with Crippen molar-refractivity contribution in [3.05, 3.63) is 59.5 Å². The molecule has 1 aliphatic heterocycles. The normalized spacial score (nSPS) is 14.4. The van der Waals surface area contributed by atoms with Crippen molar-refractivity contribution in [1.82, 2.24) is 15.6 Å². The second-order valence-electron chi connectivity index (χ2n) is 6.68. The van der Waals surface area contributed by atoms with Crippen LogP contribution in [0.2, 0.25) is 0 Å². The summed E-state index contributed by atoms with van der Waals surface area (Å²) in [5.74, 6) is 1.62. The highest BCUT2D eigenvalue weighted by Gasteiger charge is 2.13. The summed E-state index contributed by atoms with van der Waals surface area (Å²) in [7, 11) is 0. The van der Waals surface area contributed by atoms with Crippen LogP contribution in [0.15, 0.2) is 47.6 Å². The highest BCUT2D eigenvalue weighted by atomic mass is 19.1. The predicted octanol–water partition coefficient (Wildman–Crippen LogP) is 3.12. The molecule has 2 heterocycles. The van der Waals surface area contributed by atoms with Crippen LogP contribution in [0.4, 0.5) is 10.2 Å². The summed E-state index contributed by atoms with van der Waals surface area (Å²) in [5, 5.41) is 6.53. The Morgan fingerprint density at radius 1 is 1.19 bits per heavy atom.